The molecule has 1 fully saturated rings. The molecule has 0 aliphatic heterocycles. The van der Waals surface area contributed by atoms with Crippen LogP contribution in [0.2, 0.25) is 0 Å². The quantitative estimate of drug-likeness (QED) is 0.479. The van der Waals surface area contributed by atoms with Crippen molar-refractivity contribution < 1.29 is 14.3 Å². The second kappa shape index (κ2) is 8.58. The Balaban J connectivity index is 0.000000269. The highest BCUT2D eigenvalue weighted by Gasteiger charge is 2.19. The van der Waals surface area contributed by atoms with Gasteiger partial charge < -0.3 is 14.3 Å². The summed E-state index contributed by atoms with van der Waals surface area (Å²) in [6.07, 6.45) is 11.6. The van der Waals surface area contributed by atoms with E-state index >= 15 is 0 Å². The maximum absolute atomic E-state index is 10.8. The van der Waals surface area contributed by atoms with Crippen molar-refractivity contribution in [3.63, 3.8) is 0 Å². The van der Waals surface area contributed by atoms with Crippen molar-refractivity contribution in [3.05, 3.63) is 48.0 Å². The molecule has 3 aliphatic carbocycles. The Hall–Kier alpha value is -2.73. The minimum Gasteiger partial charge on any atom is -0.493 e. The number of ether oxygens (including phenoxy) is 2. The SMILES string of the molecule is C#CC(C=O)Cc1ccc(OC)c(OC2CCCC2)c1.c1cc2cc-2c1. The van der Waals surface area contributed by atoms with E-state index < -0.39 is 0 Å². The second-order valence-corrected chi connectivity index (χ2v) is 6.70. The molecule has 1 aromatic carbocycles. The zero-order chi connectivity index (χ0) is 18.4. The van der Waals surface area contributed by atoms with Gasteiger partial charge in [-0.2, -0.15) is 0 Å². The van der Waals surface area contributed by atoms with Gasteiger partial charge in [0.15, 0.2) is 11.5 Å². The summed E-state index contributed by atoms with van der Waals surface area (Å²) < 4.78 is 11.4. The second-order valence-electron chi connectivity index (χ2n) is 6.70. The first-order valence-corrected chi connectivity index (χ1v) is 9.09. The van der Waals surface area contributed by atoms with Gasteiger partial charge in [-0.15, -0.1) is 6.42 Å². The summed E-state index contributed by atoms with van der Waals surface area (Å²) in [5, 5.41) is 0. The molecule has 1 aromatic rings. The van der Waals surface area contributed by atoms with Crippen molar-refractivity contribution in [3.8, 4) is 35.0 Å². The van der Waals surface area contributed by atoms with Crippen LogP contribution in [0.25, 0.3) is 11.1 Å². The number of carbonyl (C=O) groups is 1. The summed E-state index contributed by atoms with van der Waals surface area (Å²) in [4.78, 5) is 10.8. The fourth-order valence-electron chi connectivity index (χ4n) is 3.20. The van der Waals surface area contributed by atoms with Crippen molar-refractivity contribution in [2.45, 2.75) is 38.2 Å². The van der Waals surface area contributed by atoms with Crippen LogP contribution in [0.5, 0.6) is 11.5 Å². The molecular weight excluding hydrogens is 324 g/mol. The van der Waals surface area contributed by atoms with Gasteiger partial charge in [-0.1, -0.05) is 30.2 Å². The zero-order valence-corrected chi connectivity index (χ0v) is 15.1. The van der Waals surface area contributed by atoms with E-state index in [4.69, 9.17) is 15.9 Å². The van der Waals surface area contributed by atoms with E-state index in [2.05, 4.69) is 30.2 Å². The van der Waals surface area contributed by atoms with E-state index in [1.165, 1.54) is 24.0 Å². The predicted molar refractivity (Wildman–Crippen MR) is 103 cm³/mol. The number of terminal acetylenes is 1. The molecule has 1 atom stereocenters. The van der Waals surface area contributed by atoms with Crippen molar-refractivity contribution in [1.82, 2.24) is 0 Å². The molecule has 0 heterocycles. The minimum atomic E-state index is -0.386. The Kier molecular flexibility index (Phi) is 5.96. The van der Waals surface area contributed by atoms with Crippen LogP contribution in [0, 0.1) is 18.3 Å². The molecule has 0 bridgehead atoms. The lowest BCUT2D eigenvalue weighted by Crippen LogP contribution is -2.12. The monoisotopic (exact) mass is 348 g/mol. The van der Waals surface area contributed by atoms with Gasteiger partial charge in [0.25, 0.3) is 0 Å². The van der Waals surface area contributed by atoms with E-state index in [1.54, 1.807) is 7.11 Å². The Morgan fingerprint density at radius 3 is 2.38 bits per heavy atom. The number of methoxy groups -OCH3 is 1. The molecule has 1 saturated carbocycles. The van der Waals surface area contributed by atoms with Crippen LogP contribution in [0.4, 0.5) is 0 Å². The highest BCUT2D eigenvalue weighted by Crippen LogP contribution is 2.33. The van der Waals surface area contributed by atoms with Crippen LogP contribution < -0.4 is 9.47 Å². The molecule has 0 radical (unpaired) electrons. The standard InChI is InChI=1S/C17H20O3.C6H4/c1-3-13(12-18)10-14-8-9-16(19-2)17(11-14)20-15-6-4-5-7-15;1-2-5-4-6(5)3-1/h1,8-9,11-13,15H,4-7,10H2,2H3;1-4H. The highest BCUT2D eigenvalue weighted by atomic mass is 16.5. The maximum atomic E-state index is 10.8. The van der Waals surface area contributed by atoms with E-state index in [0.717, 1.165) is 36.2 Å². The first-order chi connectivity index (χ1) is 12.7. The summed E-state index contributed by atoms with van der Waals surface area (Å²) >= 11 is 0. The first-order valence-electron chi connectivity index (χ1n) is 9.09. The highest BCUT2D eigenvalue weighted by molar-refractivity contribution is 5.80. The third-order valence-electron chi connectivity index (χ3n) is 4.77. The molecule has 0 saturated heterocycles. The van der Waals surface area contributed by atoms with Crippen molar-refractivity contribution in [2.75, 3.05) is 7.11 Å². The van der Waals surface area contributed by atoms with Gasteiger partial charge in [0.2, 0.25) is 0 Å². The summed E-state index contributed by atoms with van der Waals surface area (Å²) in [7, 11) is 1.63. The van der Waals surface area contributed by atoms with Gasteiger partial charge in [0.05, 0.1) is 19.1 Å². The van der Waals surface area contributed by atoms with Crippen LogP contribution in [-0.2, 0) is 11.2 Å². The first kappa shape index (κ1) is 18.1. The maximum Gasteiger partial charge on any atom is 0.161 e. The normalized spacial score (nSPS) is 15.2. The lowest BCUT2D eigenvalue weighted by atomic mass is 10.0. The van der Waals surface area contributed by atoms with E-state index in [0.29, 0.717) is 6.42 Å². The molecule has 0 amide bonds. The minimum absolute atomic E-state index is 0.272. The predicted octanol–water partition coefficient (Wildman–Crippen LogP) is 4.67. The molecule has 3 aliphatic rings. The molecule has 3 nitrogen and oxygen atoms in total. The molecule has 0 spiro atoms. The van der Waals surface area contributed by atoms with Gasteiger partial charge in [-0.25, -0.2) is 0 Å². The average molecular weight is 348 g/mol. The average Bonchev–Trinajstić information content (AvgIpc) is 3.03. The zero-order valence-electron chi connectivity index (χ0n) is 15.1. The molecule has 134 valence electrons. The smallest absolute Gasteiger partial charge is 0.161 e. The molecule has 3 heteroatoms. The Labute approximate surface area is 155 Å². The fourth-order valence-corrected chi connectivity index (χ4v) is 3.20. The van der Waals surface area contributed by atoms with Crippen molar-refractivity contribution in [1.29, 1.82) is 0 Å². The molecule has 1 unspecified atom stereocenters. The van der Waals surface area contributed by atoms with E-state index in [1.807, 2.05) is 18.2 Å². The number of rotatable bonds is 6. The number of aldehydes is 1. The van der Waals surface area contributed by atoms with Crippen LogP contribution in [0.1, 0.15) is 31.2 Å². The lowest BCUT2D eigenvalue weighted by molar-refractivity contribution is -0.109. The summed E-state index contributed by atoms with van der Waals surface area (Å²) in [5.74, 6) is 3.57. The fraction of sp³-hybridized carbons (Fsp3) is 0.348. The molecule has 0 N–H and O–H groups in total. The summed E-state index contributed by atoms with van der Waals surface area (Å²) in [5.41, 5.74) is 3.85. The van der Waals surface area contributed by atoms with Crippen LogP contribution in [0.15, 0.2) is 42.5 Å². The summed E-state index contributed by atoms with van der Waals surface area (Å²) in [6, 6.07) is 14.2. The Morgan fingerprint density at radius 2 is 1.88 bits per heavy atom. The molecule has 0 aromatic heterocycles. The lowest BCUT2D eigenvalue weighted by Gasteiger charge is -2.17. The van der Waals surface area contributed by atoms with Crippen molar-refractivity contribution in [2.24, 2.45) is 5.92 Å². The van der Waals surface area contributed by atoms with Gasteiger partial charge in [0, 0.05) is 0 Å². The van der Waals surface area contributed by atoms with Gasteiger partial charge in [-0.3, -0.25) is 0 Å². The third-order valence-corrected chi connectivity index (χ3v) is 4.77. The summed E-state index contributed by atoms with van der Waals surface area (Å²) in [6.45, 7) is 0. The number of hydrogen-bond donors (Lipinski definition) is 0. The largest absolute Gasteiger partial charge is 0.493 e. The van der Waals surface area contributed by atoms with Gasteiger partial charge >= 0.3 is 0 Å². The third kappa shape index (κ3) is 4.67. The van der Waals surface area contributed by atoms with E-state index in [9.17, 15) is 4.79 Å². The Bertz CT molecular complexity index is 780. The molecule has 26 heavy (non-hydrogen) atoms. The van der Waals surface area contributed by atoms with Crippen LogP contribution in [0.3, 0.4) is 0 Å². The van der Waals surface area contributed by atoms with E-state index in [-0.39, 0.29) is 12.0 Å². The molecule has 4 rings (SSSR count). The topological polar surface area (TPSA) is 35.5 Å². The number of hydrogen-bond acceptors (Lipinski definition) is 3. The van der Waals surface area contributed by atoms with Crippen molar-refractivity contribution >= 4 is 6.29 Å². The molecular formula is C23H24O3. The van der Waals surface area contributed by atoms with Crippen LogP contribution in [-0.4, -0.2) is 19.5 Å². The van der Waals surface area contributed by atoms with Crippen LogP contribution >= 0.6 is 0 Å². The van der Waals surface area contributed by atoms with Gasteiger partial charge in [0.1, 0.15) is 6.29 Å². The van der Waals surface area contributed by atoms with Gasteiger partial charge in [-0.05, 0) is 67.0 Å². The number of fused-ring (bicyclic) bond motifs is 1. The number of carbonyl (C=O) groups excluding carboxylic acids is 1. The number of benzene rings is 2. The Morgan fingerprint density at radius 1 is 1.15 bits per heavy atom.